The van der Waals surface area contributed by atoms with E-state index in [0.29, 0.717) is 28.3 Å². The monoisotopic (exact) mass is 1080 g/mol. The molecule has 0 saturated carbocycles. The Bertz CT molecular complexity index is 3140. The van der Waals surface area contributed by atoms with Gasteiger partial charge in [0.25, 0.3) is 11.8 Å². The summed E-state index contributed by atoms with van der Waals surface area (Å²) in [4.78, 5) is 47.8. The Kier molecular flexibility index (Phi) is 15.3. The molecule has 5 atom stereocenters. The first kappa shape index (κ1) is 51.1. The molecule has 0 radical (unpaired) electrons. The number of carbonyl (C=O) groups is 2. The average molecular weight is 1080 g/mol. The van der Waals surface area contributed by atoms with Gasteiger partial charge in [0.2, 0.25) is 0 Å². The molecule has 4 N–H and O–H groups in total. The smallest absolute Gasteiger partial charge is 0.369 e. The fraction of sp³-hybridized carbons (Fsp3) is 0.160. The molecule has 19 heteroatoms. The SMILES string of the molecule is [C-]#[N+]c1cccc(-c2ccc3c(c2)C2(CC(c4ccccc4)S3)N=C(N)N(C)C2=O)c1.[C-]#[N+]c1cccc(-c2ccc3c(c2)C2(CC(c4ccccc4)S3=O)N=C(N)N(C)C2=O)c1.[Na+].[O-][I+3]([O-])([O-])[O-]. The minimum absolute atomic E-state index is 0. The van der Waals surface area contributed by atoms with E-state index in [1.807, 2.05) is 109 Å². The number of halogens is 1. The van der Waals surface area contributed by atoms with Crippen LogP contribution in [0.2, 0.25) is 0 Å². The van der Waals surface area contributed by atoms with Gasteiger partial charge < -0.3 is 11.5 Å². The minimum atomic E-state index is -5.94. The van der Waals surface area contributed by atoms with Gasteiger partial charge in [0.05, 0.1) is 29.2 Å². The number of rotatable bonds is 4. The van der Waals surface area contributed by atoms with Crippen molar-refractivity contribution in [2.24, 2.45) is 21.5 Å². The van der Waals surface area contributed by atoms with Gasteiger partial charge in [-0.3, -0.25) is 37.3 Å². The van der Waals surface area contributed by atoms with Gasteiger partial charge in [-0.05, 0) is 69.8 Å². The van der Waals surface area contributed by atoms with Gasteiger partial charge in [-0.15, -0.1) is 11.8 Å². The van der Waals surface area contributed by atoms with E-state index >= 15 is 0 Å². The maximum absolute atomic E-state index is 13.6. The molecule has 0 fully saturated rings. The zero-order valence-electron chi connectivity index (χ0n) is 37.3. The average Bonchev–Trinajstić information content (AvgIpc) is 3.70. The van der Waals surface area contributed by atoms with Crippen LogP contribution in [0.3, 0.4) is 0 Å². The second kappa shape index (κ2) is 20.7. The molecule has 6 aromatic rings. The Hall–Kier alpha value is -5.75. The van der Waals surface area contributed by atoms with Crippen LogP contribution >= 0.6 is 11.8 Å². The Morgan fingerprint density at radius 2 is 1.09 bits per heavy atom. The van der Waals surface area contributed by atoms with E-state index in [-0.39, 0.29) is 70.2 Å². The predicted octanol–water partition coefficient (Wildman–Crippen LogP) is -1.49. The van der Waals surface area contributed by atoms with Crippen LogP contribution in [0.4, 0.5) is 11.4 Å². The molecule has 0 aliphatic carbocycles. The molecule has 0 aromatic heterocycles. The maximum atomic E-state index is 13.6. The molecular weight excluding hydrogens is 1040 g/mol. The van der Waals surface area contributed by atoms with Crippen LogP contribution in [-0.2, 0) is 31.5 Å². The van der Waals surface area contributed by atoms with Crippen LogP contribution in [0.1, 0.15) is 45.6 Å². The van der Waals surface area contributed by atoms with Gasteiger partial charge in [-0.2, -0.15) is 0 Å². The van der Waals surface area contributed by atoms with E-state index in [4.69, 9.17) is 43.3 Å². The summed E-state index contributed by atoms with van der Waals surface area (Å²) < 4.78 is 48.1. The molecule has 342 valence electrons. The fourth-order valence-electron chi connectivity index (χ4n) is 8.81. The summed E-state index contributed by atoms with van der Waals surface area (Å²) in [5.74, 6) is 0.0800. The maximum Gasteiger partial charge on any atom is 1.00 e. The van der Waals surface area contributed by atoms with Gasteiger partial charge in [0.15, 0.2) is 34.4 Å². The molecule has 10 rings (SSSR count). The zero-order valence-corrected chi connectivity index (χ0v) is 43.1. The molecule has 4 aliphatic rings. The summed E-state index contributed by atoms with van der Waals surface area (Å²) in [6.45, 7) is 14.6. The third kappa shape index (κ3) is 10.3. The Morgan fingerprint density at radius 3 is 1.57 bits per heavy atom. The number of fused-ring (bicyclic) bond motifs is 4. The summed E-state index contributed by atoms with van der Waals surface area (Å²) in [5, 5.41) is -0.288. The van der Waals surface area contributed by atoms with Crippen molar-refractivity contribution in [1.29, 1.82) is 0 Å². The third-order valence-corrected chi connectivity index (χ3v) is 15.2. The minimum Gasteiger partial charge on any atom is -0.369 e. The van der Waals surface area contributed by atoms with Crippen molar-refractivity contribution in [1.82, 2.24) is 9.80 Å². The van der Waals surface area contributed by atoms with Crippen LogP contribution in [0.5, 0.6) is 0 Å². The number of nitrogens with zero attached hydrogens (tertiary/aromatic N) is 6. The summed E-state index contributed by atoms with van der Waals surface area (Å²) in [6.07, 6.45) is 0.816. The molecule has 4 heterocycles. The molecular formula is C50H40IN8NaO7S2. The standard InChI is InChI=1S/C25H20N4O2S.C25H20N4OS.IO4.Na/c1-27-19-10-6-9-17(13-19)18-11-12-21-20(14-18)25(23(30)29(2)24(26)28-25)15-22(32(21)31)16-7-4-3-5-8-16;1-27-19-10-6-9-17(13-19)18-11-12-21-20(14-18)25(23(30)29(2)24(26)28-25)15-22(31-21)16-7-4-3-5-8-16;2-1(3,4)5;/h3-14,22H,15H2,2H3,(H2,26,28);3-14,22H,15H2,2H3,(H2,26,28);;/q;;-1;+1. The second-order valence-corrected chi connectivity index (χ2v) is 21.1. The number of benzene rings is 6. The van der Waals surface area contributed by atoms with Gasteiger partial charge in [0.1, 0.15) is 20.1 Å². The zero-order chi connectivity index (χ0) is 48.5. The Balaban J connectivity index is 0.000000183. The topological polar surface area (TPSA) is 235 Å². The van der Waals surface area contributed by atoms with Crippen molar-refractivity contribution in [3.63, 3.8) is 0 Å². The van der Waals surface area contributed by atoms with Gasteiger partial charge >= 0.3 is 29.6 Å². The largest absolute Gasteiger partial charge is 1.00 e. The van der Waals surface area contributed by atoms with Crippen molar-refractivity contribution < 1.29 is 77.2 Å². The van der Waals surface area contributed by atoms with Crippen molar-refractivity contribution in [2.75, 3.05) is 14.1 Å². The fourth-order valence-corrected chi connectivity index (χ4v) is 12.0. The van der Waals surface area contributed by atoms with Crippen LogP contribution < -0.4 is 74.9 Å². The van der Waals surface area contributed by atoms with E-state index in [1.54, 1.807) is 44.1 Å². The second-order valence-electron chi connectivity index (χ2n) is 16.1. The summed E-state index contributed by atoms with van der Waals surface area (Å²) >= 11 is -4.18. The van der Waals surface area contributed by atoms with Crippen LogP contribution in [0, 0.1) is 13.1 Å². The van der Waals surface area contributed by atoms with E-state index < -0.39 is 42.0 Å². The van der Waals surface area contributed by atoms with Gasteiger partial charge in [-0.25, -0.2) is 19.7 Å². The quantitative estimate of drug-likeness (QED) is 0.118. The Labute approximate surface area is 433 Å². The molecule has 4 aliphatic heterocycles. The van der Waals surface area contributed by atoms with Gasteiger partial charge in [-0.1, -0.05) is 109 Å². The van der Waals surface area contributed by atoms with E-state index in [0.717, 1.165) is 38.3 Å². The molecule has 0 bridgehead atoms. The molecule has 2 amide bonds. The number of likely N-dealkylation sites (N-methyl/N-ethyl adjacent to an activating group) is 2. The summed E-state index contributed by atoms with van der Waals surface area (Å²) in [5.41, 5.74) is 18.2. The number of hydrogen-bond donors (Lipinski definition) is 2. The van der Waals surface area contributed by atoms with E-state index in [2.05, 4.69) is 32.9 Å². The summed E-state index contributed by atoms with van der Waals surface area (Å²) in [6, 6.07) is 46.3. The molecule has 2 spiro atoms. The van der Waals surface area contributed by atoms with Crippen LogP contribution in [0.25, 0.3) is 31.9 Å². The first-order chi connectivity index (χ1) is 32.5. The van der Waals surface area contributed by atoms with Crippen molar-refractivity contribution in [2.45, 2.75) is 44.2 Å². The molecule has 69 heavy (non-hydrogen) atoms. The molecule has 0 saturated heterocycles. The first-order valence-electron chi connectivity index (χ1n) is 20.8. The van der Waals surface area contributed by atoms with Crippen LogP contribution in [0.15, 0.2) is 165 Å². The number of guanidine groups is 2. The molecule has 5 unspecified atom stereocenters. The molecule has 15 nitrogen and oxygen atoms in total. The number of hydrogen-bond acceptors (Lipinski definition) is 12. The van der Waals surface area contributed by atoms with Crippen molar-refractivity contribution in [3.8, 4) is 22.3 Å². The summed E-state index contributed by atoms with van der Waals surface area (Å²) in [7, 11) is 1.93. The van der Waals surface area contributed by atoms with E-state index in [9.17, 15) is 13.8 Å². The number of aliphatic imine (C=N–C) groups is 2. The Morgan fingerprint density at radius 1 is 0.638 bits per heavy atom. The number of nitrogens with two attached hydrogens (primary N) is 2. The number of carbonyl (C=O) groups excluding carboxylic acids is 2. The number of thioether (sulfide) groups is 1. The van der Waals surface area contributed by atoms with Crippen molar-refractivity contribution >= 4 is 57.7 Å². The normalized spacial score (nSPS) is 22.1. The number of amides is 2. The first-order valence-corrected chi connectivity index (χ1v) is 26.4. The van der Waals surface area contributed by atoms with E-state index in [1.165, 1.54) is 15.4 Å². The van der Waals surface area contributed by atoms with Crippen LogP contribution in [-0.4, -0.2) is 51.8 Å². The van der Waals surface area contributed by atoms with Crippen molar-refractivity contribution in [3.05, 3.63) is 191 Å². The third-order valence-electron chi connectivity index (χ3n) is 12.1. The van der Waals surface area contributed by atoms with Gasteiger partial charge in [0, 0.05) is 53.1 Å². The predicted molar refractivity (Wildman–Crippen MR) is 248 cm³/mol. The molecule has 6 aromatic carbocycles.